The first-order valence-electron chi connectivity index (χ1n) is 9.36. The zero-order valence-corrected chi connectivity index (χ0v) is 16.7. The number of ether oxygens (including phenoxy) is 1. The van der Waals surface area contributed by atoms with Crippen LogP contribution >= 0.6 is 11.3 Å². The Balaban J connectivity index is 1.79. The second-order valence-corrected chi connectivity index (χ2v) is 8.65. The lowest BCUT2D eigenvalue weighted by molar-refractivity contribution is -0.127. The minimum absolute atomic E-state index is 0.0835. The van der Waals surface area contributed by atoms with Crippen molar-refractivity contribution in [1.82, 2.24) is 15.1 Å². The van der Waals surface area contributed by atoms with Crippen LogP contribution in [0.2, 0.25) is 0 Å². The van der Waals surface area contributed by atoms with E-state index in [1.807, 2.05) is 36.5 Å². The molecule has 26 heavy (non-hydrogen) atoms. The maximum atomic E-state index is 13.2. The molecule has 1 aliphatic carbocycles. The third-order valence-electron chi connectivity index (χ3n) is 5.43. The standard InChI is InChI=1S/C19H29N3O3S/c1-14-6-8-19(9-7-14)22(18(24)16-5-4-12-26-16)15(13-25-19)17(23)20-10-11-21(2)3/h4-5,12,14-15H,6-11,13H2,1-3H3,(H,20,23). The van der Waals surface area contributed by atoms with Crippen molar-refractivity contribution < 1.29 is 14.3 Å². The van der Waals surface area contributed by atoms with Crippen molar-refractivity contribution in [2.75, 3.05) is 33.8 Å². The minimum Gasteiger partial charge on any atom is -0.353 e. The molecule has 0 aromatic carbocycles. The van der Waals surface area contributed by atoms with E-state index in [-0.39, 0.29) is 18.4 Å². The number of nitrogens with one attached hydrogen (secondary N) is 1. The molecule has 1 aliphatic heterocycles. The number of hydrogen-bond acceptors (Lipinski definition) is 5. The van der Waals surface area contributed by atoms with Crippen LogP contribution in [0.15, 0.2) is 17.5 Å². The first-order chi connectivity index (χ1) is 12.4. The molecular weight excluding hydrogens is 350 g/mol. The molecule has 1 unspecified atom stereocenters. The van der Waals surface area contributed by atoms with E-state index in [4.69, 9.17) is 4.74 Å². The van der Waals surface area contributed by atoms with Gasteiger partial charge in [-0.25, -0.2) is 0 Å². The lowest BCUT2D eigenvalue weighted by Gasteiger charge is -2.42. The lowest BCUT2D eigenvalue weighted by atomic mass is 9.83. The topological polar surface area (TPSA) is 61.9 Å². The summed E-state index contributed by atoms with van der Waals surface area (Å²) >= 11 is 1.42. The molecule has 3 rings (SSSR count). The number of carbonyl (C=O) groups excluding carboxylic acids is 2. The van der Waals surface area contributed by atoms with Crippen LogP contribution in [-0.4, -0.2) is 67.2 Å². The Morgan fingerprint density at radius 3 is 2.73 bits per heavy atom. The van der Waals surface area contributed by atoms with E-state index in [9.17, 15) is 9.59 Å². The number of thiophene rings is 1. The molecule has 1 saturated carbocycles. The van der Waals surface area contributed by atoms with E-state index >= 15 is 0 Å². The molecule has 1 aromatic heterocycles. The van der Waals surface area contributed by atoms with Gasteiger partial charge in [-0.05, 0) is 57.1 Å². The molecule has 2 aliphatic rings. The van der Waals surface area contributed by atoms with E-state index in [0.29, 0.717) is 17.3 Å². The summed E-state index contributed by atoms with van der Waals surface area (Å²) in [5.41, 5.74) is -0.628. The first kappa shape index (κ1) is 19.3. The van der Waals surface area contributed by atoms with E-state index in [1.54, 1.807) is 4.90 Å². The van der Waals surface area contributed by atoms with Crippen LogP contribution in [0, 0.1) is 5.92 Å². The van der Waals surface area contributed by atoms with Crippen LogP contribution in [0.3, 0.4) is 0 Å². The monoisotopic (exact) mass is 379 g/mol. The van der Waals surface area contributed by atoms with E-state index < -0.39 is 11.8 Å². The van der Waals surface area contributed by atoms with Crippen LogP contribution < -0.4 is 5.32 Å². The van der Waals surface area contributed by atoms with Crippen molar-refractivity contribution >= 4 is 23.2 Å². The number of rotatable bonds is 5. The highest BCUT2D eigenvalue weighted by Crippen LogP contribution is 2.43. The quantitative estimate of drug-likeness (QED) is 0.852. The average molecular weight is 380 g/mol. The Bertz CT molecular complexity index is 624. The minimum atomic E-state index is -0.628. The fourth-order valence-electron chi connectivity index (χ4n) is 3.82. The predicted octanol–water partition coefficient (Wildman–Crippen LogP) is 2.17. The predicted molar refractivity (Wildman–Crippen MR) is 102 cm³/mol. The van der Waals surface area contributed by atoms with E-state index in [0.717, 1.165) is 32.2 Å². The molecule has 0 bridgehead atoms. The van der Waals surface area contributed by atoms with Crippen molar-refractivity contribution in [3.8, 4) is 0 Å². The first-order valence-corrected chi connectivity index (χ1v) is 10.2. The summed E-state index contributed by atoms with van der Waals surface area (Å²) in [7, 11) is 3.94. The molecule has 6 nitrogen and oxygen atoms in total. The second kappa shape index (κ2) is 8.06. The molecule has 2 heterocycles. The molecule has 0 radical (unpaired) electrons. The van der Waals surface area contributed by atoms with Gasteiger partial charge in [0.25, 0.3) is 5.91 Å². The van der Waals surface area contributed by atoms with E-state index in [1.165, 1.54) is 11.3 Å². The summed E-state index contributed by atoms with van der Waals surface area (Å²) < 4.78 is 6.16. The molecule has 1 aromatic rings. The maximum Gasteiger partial charge on any atom is 0.266 e. The van der Waals surface area contributed by atoms with Gasteiger partial charge < -0.3 is 15.0 Å². The smallest absolute Gasteiger partial charge is 0.266 e. The van der Waals surface area contributed by atoms with Crippen molar-refractivity contribution in [3.63, 3.8) is 0 Å². The molecule has 1 atom stereocenters. The van der Waals surface area contributed by atoms with Crippen LogP contribution in [0.4, 0.5) is 0 Å². The zero-order chi connectivity index (χ0) is 18.7. The third-order valence-corrected chi connectivity index (χ3v) is 6.29. The van der Waals surface area contributed by atoms with Crippen molar-refractivity contribution in [2.45, 2.75) is 44.4 Å². The summed E-state index contributed by atoms with van der Waals surface area (Å²) in [6.07, 6.45) is 3.63. The van der Waals surface area contributed by atoms with Crippen molar-refractivity contribution in [3.05, 3.63) is 22.4 Å². The van der Waals surface area contributed by atoms with Crippen LogP contribution in [-0.2, 0) is 9.53 Å². The van der Waals surface area contributed by atoms with E-state index in [2.05, 4.69) is 12.2 Å². The Morgan fingerprint density at radius 1 is 1.38 bits per heavy atom. The van der Waals surface area contributed by atoms with Gasteiger partial charge in [0.15, 0.2) is 0 Å². The van der Waals surface area contributed by atoms with Gasteiger partial charge in [-0.3, -0.25) is 14.5 Å². The summed E-state index contributed by atoms with van der Waals surface area (Å²) in [5.74, 6) is 0.433. The molecule has 1 spiro atoms. The molecule has 7 heteroatoms. The van der Waals surface area contributed by atoms with Gasteiger partial charge in [0.05, 0.1) is 11.5 Å². The van der Waals surface area contributed by atoms with Crippen LogP contribution in [0.25, 0.3) is 0 Å². The molecule has 2 fully saturated rings. The highest BCUT2D eigenvalue weighted by atomic mass is 32.1. The lowest BCUT2D eigenvalue weighted by Crippen LogP contribution is -2.57. The number of hydrogen-bond donors (Lipinski definition) is 1. The highest BCUT2D eigenvalue weighted by Gasteiger charge is 2.53. The van der Waals surface area contributed by atoms with Gasteiger partial charge in [-0.15, -0.1) is 11.3 Å². The maximum absolute atomic E-state index is 13.2. The summed E-state index contributed by atoms with van der Waals surface area (Å²) in [5, 5.41) is 4.86. The summed E-state index contributed by atoms with van der Waals surface area (Å²) in [6.45, 7) is 3.84. The highest BCUT2D eigenvalue weighted by molar-refractivity contribution is 7.12. The summed E-state index contributed by atoms with van der Waals surface area (Å²) in [4.78, 5) is 30.5. The van der Waals surface area contributed by atoms with Gasteiger partial charge in [0.2, 0.25) is 5.91 Å². The number of amides is 2. The number of likely N-dealkylation sites (N-methyl/N-ethyl adjacent to an activating group) is 1. The van der Waals surface area contributed by atoms with Gasteiger partial charge in [-0.1, -0.05) is 13.0 Å². The number of carbonyl (C=O) groups is 2. The fourth-order valence-corrected chi connectivity index (χ4v) is 4.48. The second-order valence-electron chi connectivity index (χ2n) is 7.70. The van der Waals surface area contributed by atoms with Gasteiger partial charge in [-0.2, -0.15) is 0 Å². The van der Waals surface area contributed by atoms with Gasteiger partial charge in [0, 0.05) is 13.1 Å². The zero-order valence-electron chi connectivity index (χ0n) is 15.9. The SMILES string of the molecule is CC1CCC2(CC1)OCC(C(=O)NCCN(C)C)N2C(=O)c1cccs1. The fraction of sp³-hybridized carbons (Fsp3) is 0.684. The van der Waals surface area contributed by atoms with Gasteiger partial charge in [0.1, 0.15) is 11.8 Å². The largest absolute Gasteiger partial charge is 0.353 e. The average Bonchev–Trinajstić information content (AvgIpc) is 3.25. The van der Waals surface area contributed by atoms with Crippen LogP contribution in [0.5, 0.6) is 0 Å². The normalized spacial score (nSPS) is 28.7. The molecular formula is C19H29N3O3S. The Labute approximate surface area is 159 Å². The molecule has 144 valence electrons. The Hall–Kier alpha value is -1.44. The third kappa shape index (κ3) is 3.94. The Kier molecular flexibility index (Phi) is 5.99. The molecule has 2 amide bonds. The van der Waals surface area contributed by atoms with Crippen molar-refractivity contribution in [1.29, 1.82) is 0 Å². The van der Waals surface area contributed by atoms with Crippen LogP contribution in [0.1, 0.15) is 42.3 Å². The van der Waals surface area contributed by atoms with Gasteiger partial charge >= 0.3 is 0 Å². The Morgan fingerprint density at radius 2 is 2.12 bits per heavy atom. The van der Waals surface area contributed by atoms with Crippen molar-refractivity contribution in [2.24, 2.45) is 5.92 Å². The molecule has 1 N–H and O–H groups in total. The summed E-state index contributed by atoms with van der Waals surface area (Å²) in [6, 6.07) is 3.14. The number of nitrogens with zero attached hydrogens (tertiary/aromatic N) is 2. The molecule has 1 saturated heterocycles.